The van der Waals surface area contributed by atoms with Gasteiger partial charge in [0.25, 0.3) is 0 Å². The smallest absolute Gasteiger partial charge is 0.356 e. The zero-order valence-electron chi connectivity index (χ0n) is 6.56. The highest BCUT2D eigenvalue weighted by atomic mass is 32.2. The predicted molar refractivity (Wildman–Crippen MR) is 45.2 cm³/mol. The van der Waals surface area contributed by atoms with Crippen molar-refractivity contribution in [2.75, 3.05) is 12.4 Å². The number of fused-ring (bicyclic) bond motifs is 1. The Kier molecular flexibility index (Phi) is 2.05. The second-order valence-corrected chi connectivity index (χ2v) is 3.48. The largest absolute Gasteiger partial charge is 0.490 e. The van der Waals surface area contributed by atoms with E-state index in [4.69, 9.17) is 9.84 Å². The third kappa shape index (κ3) is 1.57. The van der Waals surface area contributed by atoms with E-state index in [9.17, 15) is 4.79 Å². The summed E-state index contributed by atoms with van der Waals surface area (Å²) < 4.78 is 5.23. The highest BCUT2D eigenvalue weighted by Crippen LogP contribution is 2.30. The molecule has 0 saturated heterocycles. The van der Waals surface area contributed by atoms with Gasteiger partial charge in [-0.2, -0.15) is 0 Å². The fourth-order valence-corrected chi connectivity index (χ4v) is 1.68. The molecule has 1 N–H and O–H groups in total. The first-order valence-electron chi connectivity index (χ1n) is 3.64. The number of nitrogens with zero attached hydrogens (tertiary/aromatic N) is 2. The molecule has 0 amide bonds. The summed E-state index contributed by atoms with van der Waals surface area (Å²) in [5.74, 6) is 0.256. The van der Waals surface area contributed by atoms with Gasteiger partial charge in [-0.3, -0.25) is 0 Å². The van der Waals surface area contributed by atoms with E-state index in [1.165, 1.54) is 17.8 Å². The zero-order chi connectivity index (χ0) is 9.26. The fourth-order valence-electron chi connectivity index (χ4n) is 0.961. The van der Waals surface area contributed by atoms with Crippen LogP contribution in [0.3, 0.4) is 0 Å². The van der Waals surface area contributed by atoms with Gasteiger partial charge in [0.15, 0.2) is 16.5 Å². The Hall–Kier alpha value is -1.30. The molecule has 1 aromatic heterocycles. The van der Waals surface area contributed by atoms with E-state index in [0.29, 0.717) is 17.4 Å². The second-order valence-electron chi connectivity index (χ2n) is 2.40. The van der Waals surface area contributed by atoms with Crippen molar-refractivity contribution < 1.29 is 14.6 Å². The first-order valence-corrected chi connectivity index (χ1v) is 4.62. The Balaban J connectivity index is 2.40. The maximum absolute atomic E-state index is 10.5. The van der Waals surface area contributed by atoms with Crippen LogP contribution >= 0.6 is 11.8 Å². The number of aromatic nitrogens is 2. The molecule has 5 nitrogen and oxygen atoms in total. The Morgan fingerprint density at radius 2 is 2.46 bits per heavy atom. The van der Waals surface area contributed by atoms with Crippen LogP contribution in [0.4, 0.5) is 0 Å². The van der Waals surface area contributed by atoms with E-state index in [1.807, 2.05) is 0 Å². The summed E-state index contributed by atoms with van der Waals surface area (Å²) in [6.07, 6.45) is 0. The van der Waals surface area contributed by atoms with Crippen LogP contribution in [-0.4, -0.2) is 33.6 Å². The number of carbonyl (C=O) groups is 1. The normalized spacial score (nSPS) is 14.5. The minimum absolute atomic E-state index is 0.0822. The highest BCUT2D eigenvalue weighted by molar-refractivity contribution is 7.99. The predicted octanol–water partition coefficient (Wildman–Crippen LogP) is 0.659. The number of rotatable bonds is 1. The lowest BCUT2D eigenvalue weighted by Gasteiger charge is -2.14. The molecule has 68 valence electrons. The molecule has 0 atom stereocenters. The van der Waals surface area contributed by atoms with Gasteiger partial charge in [-0.15, -0.1) is 10.2 Å². The number of hydrogen-bond donors (Lipinski definition) is 1. The molecule has 0 radical (unpaired) electrons. The van der Waals surface area contributed by atoms with E-state index < -0.39 is 5.97 Å². The SMILES string of the molecule is O=C(O)c1cc2c(nn1)SCCO2. The Labute approximate surface area is 78.1 Å². The van der Waals surface area contributed by atoms with Gasteiger partial charge >= 0.3 is 5.97 Å². The van der Waals surface area contributed by atoms with Gasteiger partial charge in [0, 0.05) is 11.8 Å². The lowest BCUT2D eigenvalue weighted by Crippen LogP contribution is -2.11. The number of carboxylic acid groups (broad SMARTS) is 1. The topological polar surface area (TPSA) is 72.3 Å². The molecule has 0 aromatic carbocycles. The summed E-state index contributed by atoms with van der Waals surface area (Å²) in [6.45, 7) is 0.586. The molecule has 2 rings (SSSR count). The first kappa shape index (κ1) is 8.31. The Bertz CT molecular complexity index is 356. The number of carboxylic acids is 1. The van der Waals surface area contributed by atoms with E-state index in [-0.39, 0.29) is 5.69 Å². The summed E-state index contributed by atoms with van der Waals surface area (Å²) in [5.41, 5.74) is -0.0822. The minimum Gasteiger partial charge on any atom is -0.490 e. The summed E-state index contributed by atoms with van der Waals surface area (Å²) in [6, 6.07) is 1.40. The molecule has 1 aliphatic rings. The third-order valence-electron chi connectivity index (χ3n) is 1.53. The molecule has 1 aromatic rings. The molecular weight excluding hydrogens is 192 g/mol. The van der Waals surface area contributed by atoms with Crippen LogP contribution in [0.25, 0.3) is 0 Å². The number of hydrogen-bond acceptors (Lipinski definition) is 5. The highest BCUT2D eigenvalue weighted by Gasteiger charge is 2.16. The van der Waals surface area contributed by atoms with Crippen molar-refractivity contribution in [2.24, 2.45) is 0 Å². The van der Waals surface area contributed by atoms with E-state index in [2.05, 4.69) is 10.2 Å². The standard InChI is InChI=1S/C7H6N2O3S/c10-7(11)4-3-5-6(9-8-4)13-2-1-12-5/h3H,1-2H2,(H,10,11). The fraction of sp³-hybridized carbons (Fsp3) is 0.286. The molecule has 13 heavy (non-hydrogen) atoms. The van der Waals surface area contributed by atoms with Crippen LogP contribution in [0.5, 0.6) is 5.75 Å². The summed E-state index contributed by atoms with van der Waals surface area (Å²) in [5, 5.41) is 16.6. The third-order valence-corrected chi connectivity index (χ3v) is 2.45. The van der Waals surface area contributed by atoms with Crippen molar-refractivity contribution in [1.82, 2.24) is 10.2 Å². The van der Waals surface area contributed by atoms with Crippen molar-refractivity contribution in [2.45, 2.75) is 5.03 Å². The Morgan fingerprint density at radius 1 is 1.62 bits per heavy atom. The van der Waals surface area contributed by atoms with Crippen LogP contribution < -0.4 is 4.74 Å². The number of aromatic carboxylic acids is 1. The molecule has 0 unspecified atom stereocenters. The molecule has 0 bridgehead atoms. The van der Waals surface area contributed by atoms with Gasteiger partial charge in [0.05, 0.1) is 6.61 Å². The van der Waals surface area contributed by atoms with Crippen LogP contribution in [-0.2, 0) is 0 Å². The van der Waals surface area contributed by atoms with Gasteiger partial charge < -0.3 is 9.84 Å². The minimum atomic E-state index is -1.09. The van der Waals surface area contributed by atoms with Crippen molar-refractivity contribution in [3.05, 3.63) is 11.8 Å². The van der Waals surface area contributed by atoms with E-state index >= 15 is 0 Å². The van der Waals surface area contributed by atoms with Gasteiger partial charge in [0.1, 0.15) is 0 Å². The zero-order valence-corrected chi connectivity index (χ0v) is 7.37. The molecule has 0 spiro atoms. The number of ether oxygens (including phenoxy) is 1. The summed E-state index contributed by atoms with van der Waals surface area (Å²) in [7, 11) is 0. The van der Waals surface area contributed by atoms with Gasteiger partial charge in [-0.1, -0.05) is 11.8 Å². The molecule has 0 saturated carbocycles. The molecule has 0 aliphatic carbocycles. The molecule has 0 fully saturated rings. The van der Waals surface area contributed by atoms with Gasteiger partial charge in [-0.25, -0.2) is 4.79 Å². The number of thioether (sulfide) groups is 1. The maximum Gasteiger partial charge on any atom is 0.356 e. The van der Waals surface area contributed by atoms with Crippen molar-refractivity contribution in [1.29, 1.82) is 0 Å². The van der Waals surface area contributed by atoms with Crippen LogP contribution in [0.2, 0.25) is 0 Å². The molecule has 6 heteroatoms. The lowest BCUT2D eigenvalue weighted by molar-refractivity contribution is 0.0688. The second kappa shape index (κ2) is 3.21. The van der Waals surface area contributed by atoms with Crippen molar-refractivity contribution in [3.8, 4) is 5.75 Å². The molecular formula is C7H6N2O3S. The summed E-state index contributed by atoms with van der Waals surface area (Å²) >= 11 is 1.52. The average molecular weight is 198 g/mol. The summed E-state index contributed by atoms with van der Waals surface area (Å²) in [4.78, 5) is 10.5. The first-order chi connectivity index (χ1) is 6.27. The quantitative estimate of drug-likeness (QED) is 0.714. The van der Waals surface area contributed by atoms with Gasteiger partial charge in [-0.05, 0) is 0 Å². The van der Waals surface area contributed by atoms with E-state index in [0.717, 1.165) is 5.75 Å². The molecule has 1 aliphatic heterocycles. The lowest BCUT2D eigenvalue weighted by atomic mass is 10.4. The average Bonchev–Trinajstić information content (AvgIpc) is 2.17. The van der Waals surface area contributed by atoms with Gasteiger partial charge in [0.2, 0.25) is 0 Å². The van der Waals surface area contributed by atoms with Crippen LogP contribution in [0.1, 0.15) is 10.5 Å². The van der Waals surface area contributed by atoms with Crippen LogP contribution in [0, 0.1) is 0 Å². The maximum atomic E-state index is 10.5. The Morgan fingerprint density at radius 3 is 3.23 bits per heavy atom. The van der Waals surface area contributed by atoms with Crippen molar-refractivity contribution in [3.63, 3.8) is 0 Å². The van der Waals surface area contributed by atoms with Crippen LogP contribution in [0.15, 0.2) is 11.1 Å². The monoisotopic (exact) mass is 198 g/mol. The van der Waals surface area contributed by atoms with E-state index in [1.54, 1.807) is 0 Å². The molecule has 2 heterocycles. The van der Waals surface area contributed by atoms with Crippen molar-refractivity contribution >= 4 is 17.7 Å².